The topological polar surface area (TPSA) is 82.3 Å². The van der Waals surface area contributed by atoms with Crippen molar-refractivity contribution in [2.75, 3.05) is 18.9 Å². The number of sulfone groups is 1. The molecule has 0 atom stereocenters. The van der Waals surface area contributed by atoms with Gasteiger partial charge >= 0.3 is 0 Å². The van der Waals surface area contributed by atoms with Crippen LogP contribution < -0.4 is 10.5 Å². The number of hydrogen-bond donors (Lipinski definition) is 1. The Morgan fingerprint density at radius 1 is 1.30 bits per heavy atom. The van der Waals surface area contributed by atoms with Crippen LogP contribution in [0.15, 0.2) is 12.1 Å². The van der Waals surface area contributed by atoms with Crippen molar-refractivity contribution in [3.05, 3.63) is 23.5 Å². The first-order chi connectivity index (χ1) is 9.17. The van der Waals surface area contributed by atoms with Crippen molar-refractivity contribution in [2.45, 2.75) is 38.9 Å². The number of nitrogens with two attached hydrogens (primary N) is 1. The molecule has 1 rings (SSSR count). The summed E-state index contributed by atoms with van der Waals surface area (Å²) in [7, 11) is -3.17. The summed E-state index contributed by atoms with van der Waals surface area (Å²) in [5.41, 5.74) is 7.21. The standard InChI is InChI=1S/C14H24N2O3S/c1-11-5-6-13(12(16-11)7-8-15)19-9-10-20(17,18)14(2,3)4/h5-6H,7-10,15H2,1-4H3. The van der Waals surface area contributed by atoms with E-state index in [9.17, 15) is 8.42 Å². The molecular formula is C14H24N2O3S. The highest BCUT2D eigenvalue weighted by Gasteiger charge is 2.28. The molecule has 6 heteroatoms. The number of rotatable bonds is 6. The normalized spacial score (nSPS) is 12.4. The van der Waals surface area contributed by atoms with Crippen LogP contribution in [0.3, 0.4) is 0 Å². The molecule has 0 radical (unpaired) electrons. The molecule has 0 fully saturated rings. The third-order valence-corrected chi connectivity index (χ3v) is 5.57. The van der Waals surface area contributed by atoms with Crippen molar-refractivity contribution in [1.82, 2.24) is 4.98 Å². The van der Waals surface area contributed by atoms with Crippen LogP contribution in [-0.4, -0.2) is 37.1 Å². The van der Waals surface area contributed by atoms with Crippen molar-refractivity contribution in [1.29, 1.82) is 0 Å². The minimum atomic E-state index is -3.17. The van der Waals surface area contributed by atoms with E-state index in [1.54, 1.807) is 20.8 Å². The third-order valence-electron chi connectivity index (χ3n) is 3.00. The van der Waals surface area contributed by atoms with Gasteiger partial charge in [0, 0.05) is 12.1 Å². The Morgan fingerprint density at radius 3 is 2.50 bits per heavy atom. The maximum atomic E-state index is 12.0. The molecule has 2 N–H and O–H groups in total. The van der Waals surface area contributed by atoms with Crippen molar-refractivity contribution in [3.63, 3.8) is 0 Å². The molecule has 0 aliphatic carbocycles. The number of aryl methyl sites for hydroxylation is 1. The molecule has 0 aromatic carbocycles. The second-order valence-corrected chi connectivity index (χ2v) is 8.58. The van der Waals surface area contributed by atoms with Crippen LogP contribution in [0.25, 0.3) is 0 Å². The summed E-state index contributed by atoms with van der Waals surface area (Å²) in [6.07, 6.45) is 0.614. The zero-order chi connectivity index (χ0) is 15.4. The van der Waals surface area contributed by atoms with E-state index in [0.717, 1.165) is 11.4 Å². The zero-order valence-electron chi connectivity index (χ0n) is 12.6. The summed E-state index contributed by atoms with van der Waals surface area (Å²) in [5, 5.41) is 0. The minimum absolute atomic E-state index is 0.00750. The quantitative estimate of drug-likeness (QED) is 0.860. The van der Waals surface area contributed by atoms with Crippen molar-refractivity contribution >= 4 is 9.84 Å². The Hall–Kier alpha value is -1.14. The Morgan fingerprint density at radius 2 is 1.95 bits per heavy atom. The first-order valence-corrected chi connectivity index (χ1v) is 8.34. The zero-order valence-corrected chi connectivity index (χ0v) is 13.5. The van der Waals surface area contributed by atoms with Crippen molar-refractivity contribution < 1.29 is 13.2 Å². The third kappa shape index (κ3) is 4.45. The average Bonchev–Trinajstić information content (AvgIpc) is 2.30. The average molecular weight is 300 g/mol. The molecule has 0 saturated carbocycles. The molecule has 1 heterocycles. The van der Waals surface area contributed by atoms with Gasteiger partial charge in [0.25, 0.3) is 0 Å². The monoisotopic (exact) mass is 300 g/mol. The Kier molecular flexibility index (Phi) is 5.53. The van der Waals surface area contributed by atoms with Crippen molar-refractivity contribution in [3.8, 4) is 5.75 Å². The largest absolute Gasteiger partial charge is 0.491 e. The fraction of sp³-hybridized carbons (Fsp3) is 0.643. The summed E-state index contributed by atoms with van der Waals surface area (Å²) in [6.45, 7) is 7.57. The fourth-order valence-electron chi connectivity index (χ4n) is 1.61. The summed E-state index contributed by atoms with van der Waals surface area (Å²) in [5.74, 6) is 0.608. The number of aromatic nitrogens is 1. The lowest BCUT2D eigenvalue weighted by Crippen LogP contribution is -2.32. The van der Waals surface area contributed by atoms with E-state index >= 15 is 0 Å². The smallest absolute Gasteiger partial charge is 0.158 e. The van der Waals surface area contributed by atoms with E-state index in [2.05, 4.69) is 4.98 Å². The highest BCUT2D eigenvalue weighted by Crippen LogP contribution is 2.19. The van der Waals surface area contributed by atoms with Gasteiger partial charge in [-0.25, -0.2) is 8.42 Å². The van der Waals surface area contributed by atoms with Gasteiger partial charge in [-0.1, -0.05) is 0 Å². The molecule has 0 spiro atoms. The fourth-order valence-corrected chi connectivity index (χ4v) is 2.53. The van der Waals surface area contributed by atoms with Crippen LogP contribution in [0.4, 0.5) is 0 Å². The van der Waals surface area contributed by atoms with E-state index in [0.29, 0.717) is 18.7 Å². The maximum absolute atomic E-state index is 12.0. The first kappa shape index (κ1) is 16.9. The molecule has 0 aliphatic rings. The van der Waals surface area contributed by atoms with Crippen LogP contribution in [0.1, 0.15) is 32.2 Å². The Labute approximate surface area is 121 Å². The molecule has 0 saturated heterocycles. The summed E-state index contributed by atoms with van der Waals surface area (Å²) >= 11 is 0. The van der Waals surface area contributed by atoms with Gasteiger partial charge in [-0.05, 0) is 46.4 Å². The van der Waals surface area contributed by atoms with Gasteiger partial charge < -0.3 is 10.5 Å². The number of ether oxygens (including phenoxy) is 1. The van der Waals surface area contributed by atoms with E-state index in [4.69, 9.17) is 10.5 Å². The maximum Gasteiger partial charge on any atom is 0.158 e. The molecular weight excluding hydrogens is 276 g/mol. The highest BCUT2D eigenvalue weighted by atomic mass is 32.2. The SMILES string of the molecule is Cc1ccc(OCCS(=O)(=O)C(C)(C)C)c(CCN)n1. The lowest BCUT2D eigenvalue weighted by molar-refractivity contribution is 0.334. The summed E-state index contributed by atoms with van der Waals surface area (Å²) in [4.78, 5) is 4.37. The van der Waals surface area contributed by atoms with Crippen LogP contribution >= 0.6 is 0 Å². The Bertz CT molecular complexity index is 548. The van der Waals surface area contributed by atoms with Gasteiger partial charge in [0.2, 0.25) is 0 Å². The van der Waals surface area contributed by atoms with E-state index in [-0.39, 0.29) is 12.4 Å². The second kappa shape index (κ2) is 6.54. The van der Waals surface area contributed by atoms with Gasteiger partial charge in [0.15, 0.2) is 9.84 Å². The molecule has 114 valence electrons. The van der Waals surface area contributed by atoms with Crippen LogP contribution in [0.2, 0.25) is 0 Å². The second-order valence-electron chi connectivity index (χ2n) is 5.72. The lowest BCUT2D eigenvalue weighted by atomic mass is 10.2. The number of hydrogen-bond acceptors (Lipinski definition) is 5. The van der Waals surface area contributed by atoms with Crippen molar-refractivity contribution in [2.24, 2.45) is 5.73 Å². The van der Waals surface area contributed by atoms with E-state index in [1.807, 2.05) is 19.1 Å². The van der Waals surface area contributed by atoms with Crippen LogP contribution in [0.5, 0.6) is 5.75 Å². The molecule has 1 aromatic rings. The first-order valence-electron chi connectivity index (χ1n) is 6.69. The van der Waals surface area contributed by atoms with Gasteiger partial charge in [-0.2, -0.15) is 0 Å². The van der Waals surface area contributed by atoms with Crippen LogP contribution in [0, 0.1) is 6.92 Å². The van der Waals surface area contributed by atoms with E-state index in [1.165, 1.54) is 0 Å². The van der Waals surface area contributed by atoms with Crippen LogP contribution in [-0.2, 0) is 16.3 Å². The minimum Gasteiger partial charge on any atom is -0.491 e. The number of pyridine rings is 1. The number of nitrogens with zero attached hydrogens (tertiary/aromatic N) is 1. The summed E-state index contributed by atoms with van der Waals surface area (Å²) < 4.78 is 28.8. The molecule has 0 amide bonds. The predicted molar refractivity (Wildman–Crippen MR) is 80.8 cm³/mol. The summed E-state index contributed by atoms with van der Waals surface area (Å²) in [6, 6.07) is 3.66. The molecule has 0 bridgehead atoms. The van der Waals surface area contributed by atoms with E-state index < -0.39 is 14.6 Å². The lowest BCUT2D eigenvalue weighted by Gasteiger charge is -2.19. The molecule has 1 aromatic heterocycles. The van der Waals surface area contributed by atoms with Gasteiger partial charge in [-0.3, -0.25) is 4.98 Å². The molecule has 0 unspecified atom stereocenters. The molecule has 0 aliphatic heterocycles. The van der Waals surface area contributed by atoms with Gasteiger partial charge in [0.05, 0.1) is 16.2 Å². The Balaban J connectivity index is 2.72. The molecule has 20 heavy (non-hydrogen) atoms. The predicted octanol–water partition coefficient (Wildman–Crippen LogP) is 1.48. The van der Waals surface area contributed by atoms with Gasteiger partial charge in [-0.15, -0.1) is 0 Å². The van der Waals surface area contributed by atoms with Gasteiger partial charge in [0.1, 0.15) is 12.4 Å². The molecule has 5 nitrogen and oxygen atoms in total. The highest BCUT2D eigenvalue weighted by molar-refractivity contribution is 7.92.